The maximum absolute atomic E-state index is 11.9. The standard InChI is InChI=1S/C16H21N3O2/c1-12-14(19-10-6-5-9-15(19)17-12)11-21-16(20)18-13-7-3-2-4-8-13/h5-6,9-10,13H,2-4,7-8,11H2,1H3,(H,18,20). The summed E-state index contributed by atoms with van der Waals surface area (Å²) in [5.74, 6) is 0. The minimum Gasteiger partial charge on any atom is -0.443 e. The van der Waals surface area contributed by atoms with Gasteiger partial charge in [-0.2, -0.15) is 0 Å². The molecule has 2 heterocycles. The molecule has 1 fully saturated rings. The molecule has 1 N–H and O–H groups in total. The maximum Gasteiger partial charge on any atom is 0.407 e. The van der Waals surface area contributed by atoms with Crippen molar-refractivity contribution in [2.24, 2.45) is 0 Å². The summed E-state index contributed by atoms with van der Waals surface area (Å²) in [5.41, 5.74) is 2.69. The molecule has 0 aliphatic heterocycles. The van der Waals surface area contributed by atoms with Crippen LogP contribution >= 0.6 is 0 Å². The number of fused-ring (bicyclic) bond motifs is 1. The van der Waals surface area contributed by atoms with Crippen molar-refractivity contribution in [2.45, 2.75) is 51.7 Å². The second kappa shape index (κ2) is 6.16. The third kappa shape index (κ3) is 3.17. The molecule has 0 unspecified atom stereocenters. The van der Waals surface area contributed by atoms with E-state index in [9.17, 15) is 4.79 Å². The second-order valence-electron chi connectivity index (χ2n) is 5.63. The third-order valence-electron chi connectivity index (χ3n) is 4.10. The number of nitrogens with one attached hydrogen (secondary N) is 1. The van der Waals surface area contributed by atoms with Crippen molar-refractivity contribution >= 4 is 11.7 Å². The molecule has 0 saturated heterocycles. The van der Waals surface area contributed by atoms with Crippen LogP contribution in [-0.4, -0.2) is 21.5 Å². The molecular weight excluding hydrogens is 266 g/mol. The molecule has 1 aliphatic carbocycles. The van der Waals surface area contributed by atoms with Crippen molar-refractivity contribution in [3.63, 3.8) is 0 Å². The molecule has 3 rings (SSSR count). The number of hydrogen-bond donors (Lipinski definition) is 1. The number of hydrogen-bond acceptors (Lipinski definition) is 3. The molecule has 2 aromatic heterocycles. The van der Waals surface area contributed by atoms with Gasteiger partial charge in [0.2, 0.25) is 0 Å². The number of pyridine rings is 1. The molecule has 1 amide bonds. The Kier molecular flexibility index (Phi) is 4.08. The molecule has 1 aliphatic rings. The van der Waals surface area contributed by atoms with Gasteiger partial charge in [-0.15, -0.1) is 0 Å². The topological polar surface area (TPSA) is 55.6 Å². The van der Waals surface area contributed by atoms with Gasteiger partial charge in [0.25, 0.3) is 0 Å². The first kappa shape index (κ1) is 13.9. The summed E-state index contributed by atoms with van der Waals surface area (Å²) in [4.78, 5) is 16.3. The Morgan fingerprint density at radius 3 is 3.00 bits per heavy atom. The molecule has 0 aromatic carbocycles. The normalized spacial score (nSPS) is 16.0. The molecule has 5 nitrogen and oxygen atoms in total. The molecule has 0 bridgehead atoms. The Morgan fingerprint density at radius 1 is 1.38 bits per heavy atom. The molecular formula is C16H21N3O2. The second-order valence-corrected chi connectivity index (χ2v) is 5.63. The summed E-state index contributed by atoms with van der Waals surface area (Å²) in [6.45, 7) is 2.18. The molecule has 0 radical (unpaired) electrons. The fourth-order valence-corrected chi connectivity index (χ4v) is 2.93. The maximum atomic E-state index is 11.9. The smallest absolute Gasteiger partial charge is 0.407 e. The summed E-state index contributed by atoms with van der Waals surface area (Å²) in [7, 11) is 0. The van der Waals surface area contributed by atoms with Gasteiger partial charge in [0.05, 0.1) is 11.4 Å². The lowest BCUT2D eigenvalue weighted by molar-refractivity contribution is 0.131. The fourth-order valence-electron chi connectivity index (χ4n) is 2.93. The van der Waals surface area contributed by atoms with Gasteiger partial charge in [0.15, 0.2) is 0 Å². The lowest BCUT2D eigenvalue weighted by Gasteiger charge is -2.22. The number of alkyl carbamates (subject to hydrolysis) is 1. The average Bonchev–Trinajstić information content (AvgIpc) is 2.81. The monoisotopic (exact) mass is 287 g/mol. The van der Waals surface area contributed by atoms with Crippen molar-refractivity contribution in [1.29, 1.82) is 0 Å². The Hall–Kier alpha value is -2.04. The highest BCUT2D eigenvalue weighted by Crippen LogP contribution is 2.18. The summed E-state index contributed by atoms with van der Waals surface area (Å²) in [5, 5.41) is 2.96. The van der Waals surface area contributed by atoms with E-state index in [0.29, 0.717) is 0 Å². The number of ether oxygens (including phenoxy) is 1. The summed E-state index contributed by atoms with van der Waals surface area (Å²) in [6, 6.07) is 6.11. The van der Waals surface area contributed by atoms with E-state index in [1.807, 2.05) is 35.7 Å². The summed E-state index contributed by atoms with van der Waals surface area (Å²) >= 11 is 0. The predicted octanol–water partition coefficient (Wildman–Crippen LogP) is 3.20. The Balaban J connectivity index is 1.60. The van der Waals surface area contributed by atoms with Crippen LogP contribution in [0.15, 0.2) is 24.4 Å². The predicted molar refractivity (Wildman–Crippen MR) is 80.1 cm³/mol. The Morgan fingerprint density at radius 2 is 2.19 bits per heavy atom. The lowest BCUT2D eigenvalue weighted by Crippen LogP contribution is -2.36. The number of aromatic nitrogens is 2. The van der Waals surface area contributed by atoms with Crippen LogP contribution in [-0.2, 0) is 11.3 Å². The van der Waals surface area contributed by atoms with Gasteiger partial charge in [-0.1, -0.05) is 25.3 Å². The summed E-state index contributed by atoms with van der Waals surface area (Å²) < 4.78 is 7.33. The van der Waals surface area contributed by atoms with Gasteiger partial charge in [0.1, 0.15) is 12.3 Å². The first-order chi connectivity index (χ1) is 10.2. The highest BCUT2D eigenvalue weighted by molar-refractivity contribution is 5.67. The average molecular weight is 287 g/mol. The van der Waals surface area contributed by atoms with E-state index in [2.05, 4.69) is 10.3 Å². The van der Waals surface area contributed by atoms with E-state index in [1.165, 1.54) is 19.3 Å². The van der Waals surface area contributed by atoms with Crippen LogP contribution in [0.5, 0.6) is 0 Å². The highest BCUT2D eigenvalue weighted by Gasteiger charge is 2.17. The van der Waals surface area contributed by atoms with E-state index < -0.39 is 0 Å². The van der Waals surface area contributed by atoms with Crippen molar-refractivity contribution in [2.75, 3.05) is 0 Å². The molecule has 0 spiro atoms. The van der Waals surface area contributed by atoms with Crippen LogP contribution < -0.4 is 5.32 Å². The zero-order valence-corrected chi connectivity index (χ0v) is 12.3. The van der Waals surface area contributed by atoms with E-state index >= 15 is 0 Å². The zero-order chi connectivity index (χ0) is 14.7. The molecule has 5 heteroatoms. The minimum absolute atomic E-state index is 0.246. The van der Waals surface area contributed by atoms with Crippen molar-refractivity contribution < 1.29 is 9.53 Å². The summed E-state index contributed by atoms with van der Waals surface area (Å²) in [6.07, 6.45) is 7.39. The number of aryl methyl sites for hydroxylation is 1. The van der Waals surface area contributed by atoms with Gasteiger partial charge in [-0.05, 0) is 31.9 Å². The number of carbonyl (C=O) groups excluding carboxylic acids is 1. The number of carbonyl (C=O) groups is 1. The van der Waals surface area contributed by atoms with Crippen LogP contribution in [0.4, 0.5) is 4.79 Å². The van der Waals surface area contributed by atoms with Gasteiger partial charge in [-0.3, -0.25) is 0 Å². The van der Waals surface area contributed by atoms with Crippen LogP contribution in [0.2, 0.25) is 0 Å². The fraction of sp³-hybridized carbons (Fsp3) is 0.500. The number of rotatable bonds is 3. The minimum atomic E-state index is -0.327. The largest absolute Gasteiger partial charge is 0.443 e. The number of amides is 1. The van der Waals surface area contributed by atoms with E-state index in [1.54, 1.807) is 0 Å². The zero-order valence-electron chi connectivity index (χ0n) is 12.3. The molecule has 1 saturated carbocycles. The molecule has 0 atom stereocenters. The van der Waals surface area contributed by atoms with Crippen LogP contribution in [0.1, 0.15) is 43.5 Å². The van der Waals surface area contributed by atoms with E-state index in [0.717, 1.165) is 29.9 Å². The lowest BCUT2D eigenvalue weighted by atomic mass is 9.96. The number of nitrogens with zero attached hydrogens (tertiary/aromatic N) is 2. The first-order valence-electron chi connectivity index (χ1n) is 7.60. The molecule has 2 aromatic rings. The third-order valence-corrected chi connectivity index (χ3v) is 4.10. The molecule has 21 heavy (non-hydrogen) atoms. The quantitative estimate of drug-likeness (QED) is 0.943. The Bertz CT molecular complexity index is 629. The first-order valence-corrected chi connectivity index (χ1v) is 7.60. The van der Waals surface area contributed by atoms with Crippen LogP contribution in [0, 0.1) is 6.92 Å². The van der Waals surface area contributed by atoms with E-state index in [4.69, 9.17) is 4.74 Å². The van der Waals surface area contributed by atoms with Crippen molar-refractivity contribution in [3.05, 3.63) is 35.8 Å². The van der Waals surface area contributed by atoms with Gasteiger partial charge in [0, 0.05) is 12.2 Å². The number of imidazole rings is 1. The van der Waals surface area contributed by atoms with Crippen molar-refractivity contribution in [1.82, 2.24) is 14.7 Å². The SMILES string of the molecule is Cc1nc2ccccn2c1COC(=O)NC1CCCCC1. The Labute approximate surface area is 124 Å². The van der Waals surface area contributed by atoms with Gasteiger partial charge < -0.3 is 14.5 Å². The van der Waals surface area contributed by atoms with Crippen LogP contribution in [0.25, 0.3) is 5.65 Å². The molecule has 112 valence electrons. The van der Waals surface area contributed by atoms with Gasteiger partial charge in [-0.25, -0.2) is 9.78 Å². The van der Waals surface area contributed by atoms with Gasteiger partial charge >= 0.3 is 6.09 Å². The van der Waals surface area contributed by atoms with Crippen molar-refractivity contribution in [3.8, 4) is 0 Å². The van der Waals surface area contributed by atoms with E-state index in [-0.39, 0.29) is 18.7 Å². The highest BCUT2D eigenvalue weighted by atomic mass is 16.5. The van der Waals surface area contributed by atoms with Crippen LogP contribution in [0.3, 0.4) is 0 Å².